The lowest BCUT2D eigenvalue weighted by Crippen LogP contribution is -2.27. The van der Waals surface area contributed by atoms with Crippen molar-refractivity contribution in [2.24, 2.45) is 5.73 Å². The van der Waals surface area contributed by atoms with E-state index in [2.05, 4.69) is 43.8 Å². The van der Waals surface area contributed by atoms with Gasteiger partial charge in [0.05, 0.1) is 0 Å². The van der Waals surface area contributed by atoms with E-state index in [9.17, 15) is 0 Å². The third kappa shape index (κ3) is 2.23. The van der Waals surface area contributed by atoms with Gasteiger partial charge in [-0.15, -0.1) is 0 Å². The van der Waals surface area contributed by atoms with Crippen LogP contribution in [-0.2, 0) is 6.54 Å². The summed E-state index contributed by atoms with van der Waals surface area (Å²) in [6, 6.07) is 2.56. The van der Waals surface area contributed by atoms with Crippen molar-refractivity contribution in [2.45, 2.75) is 33.4 Å². The fourth-order valence-electron chi connectivity index (χ4n) is 1.35. The average molecular weight is 193 g/mol. The predicted octanol–water partition coefficient (Wildman–Crippen LogP) is 1.69. The third-order valence-corrected chi connectivity index (χ3v) is 2.45. The van der Waals surface area contributed by atoms with Gasteiger partial charge < -0.3 is 10.6 Å². The maximum absolute atomic E-state index is 5.55. The van der Waals surface area contributed by atoms with Gasteiger partial charge in [0.1, 0.15) is 5.82 Å². The molecule has 0 spiro atoms. The lowest BCUT2D eigenvalue weighted by molar-refractivity contribution is 0.739. The van der Waals surface area contributed by atoms with E-state index in [4.69, 9.17) is 5.73 Å². The van der Waals surface area contributed by atoms with Crippen LogP contribution in [-0.4, -0.2) is 18.1 Å². The molecule has 0 fully saturated rings. The van der Waals surface area contributed by atoms with Gasteiger partial charge in [0.15, 0.2) is 0 Å². The standard InChI is InChI=1S/C11H19N3/c1-8(2)14(4)11-9(3)5-10(6-12)7-13-11/h5,7-8H,6,12H2,1-4H3. The Hall–Kier alpha value is -1.09. The van der Waals surface area contributed by atoms with Gasteiger partial charge in [0.25, 0.3) is 0 Å². The fourth-order valence-corrected chi connectivity index (χ4v) is 1.35. The molecule has 0 aromatic carbocycles. The molecule has 0 saturated heterocycles. The Morgan fingerprint density at radius 3 is 2.57 bits per heavy atom. The minimum absolute atomic E-state index is 0.463. The van der Waals surface area contributed by atoms with Crippen LogP contribution < -0.4 is 10.6 Å². The highest BCUT2D eigenvalue weighted by atomic mass is 15.2. The lowest BCUT2D eigenvalue weighted by Gasteiger charge is -2.24. The van der Waals surface area contributed by atoms with Gasteiger partial charge in [-0.25, -0.2) is 4.98 Å². The van der Waals surface area contributed by atoms with Crippen molar-refractivity contribution < 1.29 is 0 Å². The van der Waals surface area contributed by atoms with E-state index < -0.39 is 0 Å². The van der Waals surface area contributed by atoms with E-state index in [0.717, 1.165) is 11.4 Å². The Balaban J connectivity index is 2.99. The zero-order valence-corrected chi connectivity index (χ0v) is 9.41. The molecule has 0 saturated carbocycles. The minimum atomic E-state index is 0.463. The molecular formula is C11H19N3. The van der Waals surface area contributed by atoms with Gasteiger partial charge in [-0.1, -0.05) is 0 Å². The summed E-state index contributed by atoms with van der Waals surface area (Å²) in [5.74, 6) is 1.04. The molecule has 1 aromatic heterocycles. The molecule has 0 amide bonds. The minimum Gasteiger partial charge on any atom is -0.357 e. The number of aromatic nitrogens is 1. The molecule has 1 rings (SSSR count). The van der Waals surface area contributed by atoms with E-state index in [1.54, 1.807) is 0 Å². The molecule has 0 unspecified atom stereocenters. The van der Waals surface area contributed by atoms with Crippen LogP contribution in [0, 0.1) is 6.92 Å². The van der Waals surface area contributed by atoms with E-state index in [1.807, 2.05) is 6.20 Å². The highest BCUT2D eigenvalue weighted by Crippen LogP contribution is 2.18. The normalized spacial score (nSPS) is 10.7. The summed E-state index contributed by atoms with van der Waals surface area (Å²) in [6.07, 6.45) is 1.85. The van der Waals surface area contributed by atoms with Crippen molar-refractivity contribution in [3.63, 3.8) is 0 Å². The maximum atomic E-state index is 5.55. The quantitative estimate of drug-likeness (QED) is 0.794. The fraction of sp³-hybridized carbons (Fsp3) is 0.545. The van der Waals surface area contributed by atoms with Crippen molar-refractivity contribution in [3.8, 4) is 0 Å². The molecule has 3 heteroatoms. The van der Waals surface area contributed by atoms with Gasteiger partial charge in [-0.05, 0) is 38.0 Å². The number of hydrogen-bond acceptors (Lipinski definition) is 3. The van der Waals surface area contributed by atoms with Crippen LogP contribution in [0.1, 0.15) is 25.0 Å². The summed E-state index contributed by atoms with van der Waals surface area (Å²) >= 11 is 0. The second kappa shape index (κ2) is 4.42. The molecule has 14 heavy (non-hydrogen) atoms. The van der Waals surface area contributed by atoms with Crippen molar-refractivity contribution in [1.82, 2.24) is 4.98 Å². The van der Waals surface area contributed by atoms with E-state index >= 15 is 0 Å². The predicted molar refractivity (Wildman–Crippen MR) is 60.4 cm³/mol. The van der Waals surface area contributed by atoms with Crippen LogP contribution >= 0.6 is 0 Å². The molecule has 0 aliphatic rings. The molecule has 0 aliphatic carbocycles. The molecule has 0 atom stereocenters. The van der Waals surface area contributed by atoms with E-state index in [1.165, 1.54) is 5.56 Å². The number of pyridine rings is 1. The number of anilines is 1. The van der Waals surface area contributed by atoms with Gasteiger partial charge in [0.2, 0.25) is 0 Å². The first-order valence-corrected chi connectivity index (χ1v) is 4.94. The monoisotopic (exact) mass is 193 g/mol. The number of aryl methyl sites for hydroxylation is 1. The summed E-state index contributed by atoms with van der Waals surface area (Å²) in [5.41, 5.74) is 7.82. The Kier molecular flexibility index (Phi) is 3.47. The van der Waals surface area contributed by atoms with Crippen LogP contribution in [0.15, 0.2) is 12.3 Å². The van der Waals surface area contributed by atoms with Crippen LogP contribution in [0.2, 0.25) is 0 Å². The molecule has 0 aliphatic heterocycles. The zero-order valence-electron chi connectivity index (χ0n) is 9.41. The molecular weight excluding hydrogens is 174 g/mol. The van der Waals surface area contributed by atoms with E-state index in [0.29, 0.717) is 12.6 Å². The lowest BCUT2D eigenvalue weighted by atomic mass is 10.2. The van der Waals surface area contributed by atoms with Crippen LogP contribution in [0.5, 0.6) is 0 Å². The number of nitrogens with zero attached hydrogens (tertiary/aromatic N) is 2. The molecule has 1 aromatic rings. The Morgan fingerprint density at radius 1 is 1.50 bits per heavy atom. The van der Waals surface area contributed by atoms with E-state index in [-0.39, 0.29) is 0 Å². The van der Waals surface area contributed by atoms with Crippen LogP contribution in [0.4, 0.5) is 5.82 Å². The van der Waals surface area contributed by atoms with Crippen molar-refractivity contribution in [3.05, 3.63) is 23.4 Å². The summed E-state index contributed by atoms with van der Waals surface area (Å²) in [4.78, 5) is 6.58. The molecule has 0 bridgehead atoms. The Bertz CT molecular complexity index is 307. The summed E-state index contributed by atoms with van der Waals surface area (Å²) in [7, 11) is 2.06. The summed E-state index contributed by atoms with van der Waals surface area (Å²) < 4.78 is 0. The second-order valence-corrected chi connectivity index (χ2v) is 3.89. The van der Waals surface area contributed by atoms with Gasteiger partial charge in [0, 0.05) is 25.8 Å². The molecule has 2 N–H and O–H groups in total. The second-order valence-electron chi connectivity index (χ2n) is 3.89. The third-order valence-electron chi connectivity index (χ3n) is 2.45. The number of nitrogens with two attached hydrogens (primary N) is 1. The highest BCUT2D eigenvalue weighted by molar-refractivity contribution is 5.47. The van der Waals surface area contributed by atoms with Crippen molar-refractivity contribution in [1.29, 1.82) is 0 Å². The van der Waals surface area contributed by atoms with Gasteiger partial charge in [-0.3, -0.25) is 0 Å². The zero-order chi connectivity index (χ0) is 10.7. The first-order valence-electron chi connectivity index (χ1n) is 4.94. The largest absolute Gasteiger partial charge is 0.357 e. The summed E-state index contributed by atoms with van der Waals surface area (Å²) in [6.45, 7) is 6.93. The smallest absolute Gasteiger partial charge is 0.131 e. The average Bonchev–Trinajstić information content (AvgIpc) is 2.16. The number of rotatable bonds is 3. The van der Waals surface area contributed by atoms with Gasteiger partial charge >= 0.3 is 0 Å². The first kappa shape index (κ1) is 11.0. The maximum Gasteiger partial charge on any atom is 0.131 e. The van der Waals surface area contributed by atoms with Crippen molar-refractivity contribution >= 4 is 5.82 Å². The molecule has 78 valence electrons. The van der Waals surface area contributed by atoms with Crippen LogP contribution in [0.25, 0.3) is 0 Å². The van der Waals surface area contributed by atoms with Gasteiger partial charge in [-0.2, -0.15) is 0 Å². The first-order chi connectivity index (χ1) is 6.56. The molecule has 0 radical (unpaired) electrons. The van der Waals surface area contributed by atoms with Crippen molar-refractivity contribution in [2.75, 3.05) is 11.9 Å². The Morgan fingerprint density at radius 2 is 2.14 bits per heavy atom. The topological polar surface area (TPSA) is 42.1 Å². The molecule has 1 heterocycles. The highest BCUT2D eigenvalue weighted by Gasteiger charge is 2.09. The van der Waals surface area contributed by atoms with Crippen LogP contribution in [0.3, 0.4) is 0 Å². The summed E-state index contributed by atoms with van der Waals surface area (Å²) in [5, 5.41) is 0. The SMILES string of the molecule is Cc1cc(CN)cnc1N(C)C(C)C. The number of hydrogen-bond donors (Lipinski definition) is 1. The molecule has 3 nitrogen and oxygen atoms in total. The Labute approximate surface area is 85.9 Å².